The average Bonchev–Trinajstić information content (AvgIpc) is 2.93. The number of rotatable bonds is 5. The minimum absolute atomic E-state index is 0.158. The molecule has 0 aliphatic heterocycles. The van der Waals surface area contributed by atoms with Gasteiger partial charge in [-0.2, -0.15) is 0 Å². The molecule has 1 amide bonds. The molecule has 0 saturated heterocycles. The van der Waals surface area contributed by atoms with Crippen LogP contribution >= 0.6 is 11.3 Å². The van der Waals surface area contributed by atoms with Crippen LogP contribution in [0.2, 0.25) is 0 Å². The third-order valence-corrected chi connectivity index (χ3v) is 3.67. The Kier molecular flexibility index (Phi) is 4.27. The van der Waals surface area contributed by atoms with Gasteiger partial charge < -0.3 is 15.2 Å². The van der Waals surface area contributed by atoms with Crippen LogP contribution < -0.4 is 15.2 Å². The van der Waals surface area contributed by atoms with Gasteiger partial charge in [0.05, 0.1) is 0 Å². The summed E-state index contributed by atoms with van der Waals surface area (Å²) in [6, 6.07) is 4.64. The van der Waals surface area contributed by atoms with Crippen LogP contribution in [0, 0.1) is 0 Å². The summed E-state index contributed by atoms with van der Waals surface area (Å²) in [6.07, 6.45) is -3.28. The van der Waals surface area contributed by atoms with Crippen molar-refractivity contribution in [3.8, 4) is 11.5 Å². The molecule has 1 unspecified atom stereocenters. The van der Waals surface area contributed by atoms with Crippen molar-refractivity contribution in [1.29, 1.82) is 0 Å². The Morgan fingerprint density at radius 3 is 2.14 bits per heavy atom. The summed E-state index contributed by atoms with van der Waals surface area (Å²) in [4.78, 5) is 15.7. The van der Waals surface area contributed by atoms with Crippen LogP contribution in [0.5, 0.6) is 11.5 Å². The van der Waals surface area contributed by atoms with Gasteiger partial charge in [-0.3, -0.25) is 4.79 Å². The number of benzene rings is 1. The standard InChI is InChI=1S/C13H11F3N2O3S/c1-12(10(17)19,11-18-6-7-22-11)20-8-2-4-9(5-3-8)21-13(14,15)16/h2-7H,1H3,(H2,17,19). The van der Waals surface area contributed by atoms with E-state index in [1.807, 2.05) is 0 Å². The number of carbonyl (C=O) groups excluding carboxylic acids is 1. The number of nitrogens with zero attached hydrogens (tertiary/aromatic N) is 1. The second kappa shape index (κ2) is 5.84. The molecule has 0 radical (unpaired) electrons. The van der Waals surface area contributed by atoms with Gasteiger partial charge in [0, 0.05) is 11.6 Å². The van der Waals surface area contributed by atoms with Gasteiger partial charge in [-0.15, -0.1) is 24.5 Å². The largest absolute Gasteiger partial charge is 0.573 e. The lowest BCUT2D eigenvalue weighted by Gasteiger charge is -2.25. The molecule has 2 aromatic rings. The minimum Gasteiger partial charge on any atom is -0.470 e. The third kappa shape index (κ3) is 3.67. The zero-order chi connectivity index (χ0) is 16.4. The summed E-state index contributed by atoms with van der Waals surface area (Å²) in [5.74, 6) is -1.00. The van der Waals surface area contributed by atoms with Crippen molar-refractivity contribution < 1.29 is 27.4 Å². The SMILES string of the molecule is CC(Oc1ccc(OC(F)(F)F)cc1)(C(N)=O)c1nccs1. The first-order valence-electron chi connectivity index (χ1n) is 5.95. The van der Waals surface area contributed by atoms with E-state index in [9.17, 15) is 18.0 Å². The van der Waals surface area contributed by atoms with Gasteiger partial charge in [-0.05, 0) is 31.2 Å². The predicted molar refractivity (Wildman–Crippen MR) is 72.4 cm³/mol. The van der Waals surface area contributed by atoms with Gasteiger partial charge in [-0.25, -0.2) is 4.98 Å². The number of nitrogens with two attached hydrogens (primary N) is 1. The summed E-state index contributed by atoms with van der Waals surface area (Å²) in [5.41, 5.74) is 3.84. The van der Waals surface area contributed by atoms with E-state index in [1.54, 1.807) is 5.38 Å². The van der Waals surface area contributed by atoms with Crippen LogP contribution in [0.4, 0.5) is 13.2 Å². The summed E-state index contributed by atoms with van der Waals surface area (Å²) >= 11 is 1.18. The molecule has 0 saturated carbocycles. The van der Waals surface area contributed by atoms with Crippen molar-refractivity contribution in [2.45, 2.75) is 18.9 Å². The van der Waals surface area contributed by atoms with Crippen molar-refractivity contribution in [3.63, 3.8) is 0 Å². The number of ether oxygens (including phenoxy) is 2. The van der Waals surface area contributed by atoms with Crippen LogP contribution in [-0.2, 0) is 10.4 Å². The Bertz CT molecular complexity index is 644. The smallest absolute Gasteiger partial charge is 0.470 e. The summed E-state index contributed by atoms with van der Waals surface area (Å²) in [6.45, 7) is 1.44. The van der Waals surface area contributed by atoms with Crippen molar-refractivity contribution in [2.75, 3.05) is 0 Å². The predicted octanol–water partition coefficient (Wildman–Crippen LogP) is 2.82. The fraction of sp³-hybridized carbons (Fsp3) is 0.231. The minimum atomic E-state index is -4.77. The van der Waals surface area contributed by atoms with E-state index in [-0.39, 0.29) is 5.75 Å². The van der Waals surface area contributed by atoms with E-state index in [4.69, 9.17) is 10.5 Å². The third-order valence-electron chi connectivity index (χ3n) is 2.69. The van der Waals surface area contributed by atoms with Gasteiger partial charge in [0.15, 0.2) is 0 Å². The molecule has 0 bridgehead atoms. The number of amides is 1. The first-order chi connectivity index (χ1) is 10.2. The van der Waals surface area contributed by atoms with E-state index >= 15 is 0 Å². The second-order valence-corrected chi connectivity index (χ2v) is 5.25. The summed E-state index contributed by atoms with van der Waals surface area (Å²) in [7, 11) is 0. The molecule has 1 aromatic carbocycles. The Balaban J connectivity index is 2.20. The maximum atomic E-state index is 12.1. The number of halogens is 3. The number of alkyl halides is 3. The Morgan fingerprint density at radius 1 is 1.18 bits per heavy atom. The van der Waals surface area contributed by atoms with Crippen LogP contribution in [0.3, 0.4) is 0 Å². The first kappa shape index (κ1) is 16.1. The van der Waals surface area contributed by atoms with E-state index in [1.165, 1.54) is 36.6 Å². The van der Waals surface area contributed by atoms with Gasteiger partial charge in [0.2, 0.25) is 5.60 Å². The molecule has 0 aliphatic rings. The summed E-state index contributed by atoms with van der Waals surface area (Å²) < 4.78 is 45.5. The Morgan fingerprint density at radius 2 is 1.73 bits per heavy atom. The normalized spacial score (nSPS) is 14.2. The second-order valence-electron chi connectivity index (χ2n) is 4.36. The monoisotopic (exact) mass is 332 g/mol. The highest BCUT2D eigenvalue weighted by Crippen LogP contribution is 2.31. The molecular weight excluding hydrogens is 321 g/mol. The quantitative estimate of drug-likeness (QED) is 0.914. The van der Waals surface area contributed by atoms with Gasteiger partial charge >= 0.3 is 6.36 Å². The van der Waals surface area contributed by atoms with Gasteiger partial charge in [0.25, 0.3) is 5.91 Å². The lowest BCUT2D eigenvalue weighted by molar-refractivity contribution is -0.274. The molecule has 1 heterocycles. The van der Waals surface area contributed by atoms with Crippen molar-refractivity contribution in [1.82, 2.24) is 4.98 Å². The molecule has 0 aliphatic carbocycles. The molecule has 1 aromatic heterocycles. The Labute approximate surface area is 127 Å². The molecule has 22 heavy (non-hydrogen) atoms. The number of carbonyl (C=O) groups is 1. The van der Waals surface area contributed by atoms with Crippen molar-refractivity contribution >= 4 is 17.2 Å². The fourth-order valence-electron chi connectivity index (χ4n) is 1.60. The zero-order valence-electron chi connectivity index (χ0n) is 11.3. The summed E-state index contributed by atoms with van der Waals surface area (Å²) in [5, 5.41) is 2.00. The van der Waals surface area contributed by atoms with E-state index < -0.39 is 23.6 Å². The fourth-order valence-corrected chi connectivity index (χ4v) is 2.34. The zero-order valence-corrected chi connectivity index (χ0v) is 12.1. The Hall–Kier alpha value is -2.29. The highest BCUT2D eigenvalue weighted by molar-refractivity contribution is 7.09. The number of hydrogen-bond donors (Lipinski definition) is 1. The topological polar surface area (TPSA) is 74.4 Å². The number of aromatic nitrogens is 1. The van der Waals surface area contributed by atoms with E-state index in [0.717, 1.165) is 12.1 Å². The molecule has 9 heteroatoms. The highest BCUT2D eigenvalue weighted by atomic mass is 32.1. The number of thiazole rings is 1. The highest BCUT2D eigenvalue weighted by Gasteiger charge is 2.38. The molecule has 1 atom stereocenters. The maximum absolute atomic E-state index is 12.1. The lowest BCUT2D eigenvalue weighted by Crippen LogP contribution is -2.43. The van der Waals surface area contributed by atoms with Gasteiger partial charge in [0.1, 0.15) is 16.5 Å². The van der Waals surface area contributed by atoms with Crippen molar-refractivity contribution in [2.24, 2.45) is 5.73 Å². The van der Waals surface area contributed by atoms with Crippen LogP contribution in [0.25, 0.3) is 0 Å². The molecule has 0 spiro atoms. The van der Waals surface area contributed by atoms with Crippen molar-refractivity contribution in [3.05, 3.63) is 40.8 Å². The average molecular weight is 332 g/mol. The van der Waals surface area contributed by atoms with Crippen LogP contribution in [-0.4, -0.2) is 17.3 Å². The molecule has 5 nitrogen and oxygen atoms in total. The lowest BCUT2D eigenvalue weighted by atomic mass is 10.1. The maximum Gasteiger partial charge on any atom is 0.573 e. The first-order valence-corrected chi connectivity index (χ1v) is 6.83. The molecule has 118 valence electrons. The van der Waals surface area contributed by atoms with Gasteiger partial charge in [-0.1, -0.05) is 0 Å². The molecule has 0 fully saturated rings. The molecule has 2 rings (SSSR count). The van der Waals surface area contributed by atoms with E-state index in [0.29, 0.717) is 5.01 Å². The number of primary amides is 1. The van der Waals surface area contributed by atoms with Crippen LogP contribution in [0.1, 0.15) is 11.9 Å². The van der Waals surface area contributed by atoms with Crippen LogP contribution in [0.15, 0.2) is 35.8 Å². The molecule has 2 N–H and O–H groups in total. The number of hydrogen-bond acceptors (Lipinski definition) is 5. The van der Waals surface area contributed by atoms with E-state index in [2.05, 4.69) is 9.72 Å². The molecular formula is C13H11F3N2O3S.